The lowest BCUT2D eigenvalue weighted by Crippen LogP contribution is -2.33. The number of rotatable bonds is 4. The Morgan fingerprint density at radius 3 is 2.30 bits per heavy atom. The Kier molecular flexibility index (Phi) is 5.21. The van der Waals surface area contributed by atoms with Crippen LogP contribution in [0.5, 0.6) is 0 Å². The van der Waals surface area contributed by atoms with E-state index in [2.05, 4.69) is 4.72 Å². The molecule has 1 aliphatic rings. The Balaban J connectivity index is 1.91. The van der Waals surface area contributed by atoms with E-state index in [9.17, 15) is 21.6 Å². The fraction of sp³-hybridized carbons (Fsp3) is 0.188. The summed E-state index contributed by atoms with van der Waals surface area (Å²) >= 11 is 1.56. The molecule has 0 unspecified atom stereocenters. The molecule has 3 rings (SSSR count). The molecule has 2 aromatic rings. The lowest BCUT2D eigenvalue weighted by Gasteiger charge is -2.28. The zero-order valence-corrected chi connectivity index (χ0v) is 16.7. The molecule has 1 amide bonds. The Bertz CT molecular complexity index is 1100. The van der Waals surface area contributed by atoms with E-state index in [0.717, 1.165) is 10.6 Å². The summed E-state index contributed by atoms with van der Waals surface area (Å²) in [6.07, 6.45) is 0. The van der Waals surface area contributed by atoms with Gasteiger partial charge in [0.2, 0.25) is 15.9 Å². The lowest BCUT2D eigenvalue weighted by molar-refractivity contribution is -0.116. The summed E-state index contributed by atoms with van der Waals surface area (Å²) in [4.78, 5) is 14.1. The highest BCUT2D eigenvalue weighted by molar-refractivity contribution is 7.99. The van der Waals surface area contributed by atoms with Gasteiger partial charge in [0.15, 0.2) is 0 Å². The van der Waals surface area contributed by atoms with Crippen molar-refractivity contribution in [1.82, 2.24) is 0 Å². The molecule has 0 aromatic heterocycles. The summed E-state index contributed by atoms with van der Waals surface area (Å²) in [6.45, 7) is 1.95. The summed E-state index contributed by atoms with van der Waals surface area (Å²) in [5.74, 6) is 0.588. The number of primary sulfonamides is 1. The van der Waals surface area contributed by atoms with Gasteiger partial charge in [-0.05, 0) is 42.5 Å². The smallest absolute Gasteiger partial charge is 0.261 e. The maximum atomic E-state index is 12.7. The van der Waals surface area contributed by atoms with Crippen LogP contribution in [-0.4, -0.2) is 35.0 Å². The van der Waals surface area contributed by atoms with Gasteiger partial charge in [0.1, 0.15) is 0 Å². The molecule has 0 bridgehead atoms. The minimum absolute atomic E-state index is 0.00511. The van der Waals surface area contributed by atoms with E-state index in [1.165, 1.54) is 43.3 Å². The molecule has 2 aromatic carbocycles. The number of hydrogen-bond donors (Lipinski definition) is 2. The second kappa shape index (κ2) is 7.15. The van der Waals surface area contributed by atoms with Crippen molar-refractivity contribution in [2.24, 2.45) is 5.14 Å². The highest BCUT2D eigenvalue weighted by atomic mass is 32.2. The number of anilines is 2. The van der Waals surface area contributed by atoms with Gasteiger partial charge in [0.25, 0.3) is 10.0 Å². The number of amides is 1. The minimum atomic E-state index is -3.92. The first kappa shape index (κ1) is 19.7. The highest BCUT2D eigenvalue weighted by Crippen LogP contribution is 2.36. The van der Waals surface area contributed by atoms with E-state index in [4.69, 9.17) is 5.14 Å². The third-order valence-corrected chi connectivity index (χ3v) is 7.27. The van der Waals surface area contributed by atoms with Gasteiger partial charge >= 0.3 is 0 Å². The number of benzene rings is 2. The Morgan fingerprint density at radius 1 is 1.07 bits per heavy atom. The maximum absolute atomic E-state index is 12.7. The number of thioether (sulfide) groups is 1. The second-order valence-electron chi connectivity index (χ2n) is 5.82. The van der Waals surface area contributed by atoms with Crippen molar-refractivity contribution >= 4 is 49.1 Å². The number of carbonyl (C=O) groups excluding carboxylic acids is 1. The van der Waals surface area contributed by atoms with E-state index in [0.29, 0.717) is 12.2 Å². The molecule has 11 heteroatoms. The van der Waals surface area contributed by atoms with Crippen molar-refractivity contribution in [1.29, 1.82) is 0 Å². The number of fused-ring (bicyclic) bond motifs is 1. The van der Waals surface area contributed by atoms with E-state index in [1.54, 1.807) is 22.7 Å². The summed E-state index contributed by atoms with van der Waals surface area (Å²) in [5, 5.41) is 5.03. The Hall–Kier alpha value is -2.08. The quantitative estimate of drug-likeness (QED) is 0.763. The largest absolute Gasteiger partial charge is 0.311 e. The first-order valence-corrected chi connectivity index (χ1v) is 11.8. The molecule has 0 aliphatic carbocycles. The van der Waals surface area contributed by atoms with Crippen LogP contribution in [0.15, 0.2) is 57.2 Å². The van der Waals surface area contributed by atoms with Crippen molar-refractivity contribution in [2.45, 2.75) is 21.6 Å². The van der Waals surface area contributed by atoms with Gasteiger partial charge in [0.05, 0.1) is 15.5 Å². The van der Waals surface area contributed by atoms with E-state index in [1.807, 2.05) is 0 Å². The Labute approximate surface area is 161 Å². The van der Waals surface area contributed by atoms with Crippen molar-refractivity contribution in [3.05, 3.63) is 42.5 Å². The van der Waals surface area contributed by atoms with Gasteiger partial charge in [-0.2, -0.15) is 0 Å². The molecule has 0 saturated carbocycles. The molecule has 27 heavy (non-hydrogen) atoms. The third kappa shape index (κ3) is 4.26. The lowest BCUT2D eigenvalue weighted by atomic mass is 10.2. The molecule has 0 saturated heterocycles. The number of nitrogens with zero attached hydrogens (tertiary/aromatic N) is 1. The molecule has 0 atom stereocenters. The average molecular weight is 428 g/mol. The number of hydrogen-bond acceptors (Lipinski definition) is 6. The van der Waals surface area contributed by atoms with Crippen LogP contribution in [0.2, 0.25) is 0 Å². The second-order valence-corrected chi connectivity index (χ2v) is 10.2. The van der Waals surface area contributed by atoms with Crippen molar-refractivity contribution < 1.29 is 21.6 Å². The summed E-state index contributed by atoms with van der Waals surface area (Å²) in [6, 6.07) is 9.66. The van der Waals surface area contributed by atoms with Crippen LogP contribution >= 0.6 is 11.8 Å². The van der Waals surface area contributed by atoms with E-state index >= 15 is 0 Å². The number of carbonyl (C=O) groups is 1. The fourth-order valence-corrected chi connectivity index (χ4v) is 5.19. The van der Waals surface area contributed by atoms with Gasteiger partial charge in [-0.25, -0.2) is 22.0 Å². The first-order chi connectivity index (χ1) is 12.6. The number of sulfonamides is 2. The minimum Gasteiger partial charge on any atom is -0.311 e. The monoisotopic (exact) mass is 427 g/mol. The molecule has 0 spiro atoms. The predicted molar refractivity (Wildman–Crippen MR) is 104 cm³/mol. The van der Waals surface area contributed by atoms with Gasteiger partial charge in [-0.15, -0.1) is 11.8 Å². The fourth-order valence-electron chi connectivity index (χ4n) is 2.62. The molecule has 3 N–H and O–H groups in total. The SMILES string of the molecule is CC(=O)N1CCSc2ccc(S(=O)(=O)Nc3ccc(S(N)(=O)=O)cc3)cc21. The van der Waals surface area contributed by atoms with Crippen LogP contribution < -0.4 is 14.8 Å². The molecule has 8 nitrogen and oxygen atoms in total. The van der Waals surface area contributed by atoms with Crippen molar-refractivity contribution in [3.8, 4) is 0 Å². The highest BCUT2D eigenvalue weighted by Gasteiger charge is 2.24. The Morgan fingerprint density at radius 2 is 1.70 bits per heavy atom. The van der Waals surface area contributed by atoms with Crippen molar-refractivity contribution in [3.63, 3.8) is 0 Å². The zero-order chi connectivity index (χ0) is 19.8. The van der Waals surface area contributed by atoms with E-state index in [-0.39, 0.29) is 21.4 Å². The standard InChI is InChI=1S/C16H17N3O5S3/c1-11(20)19-8-9-25-16-7-6-14(10-15(16)19)27(23,24)18-12-2-4-13(5-3-12)26(17,21)22/h2-7,10,18H,8-9H2,1H3,(H2,17,21,22). The van der Waals surface area contributed by atoms with Crippen LogP contribution in [0.4, 0.5) is 11.4 Å². The van der Waals surface area contributed by atoms with Gasteiger partial charge < -0.3 is 4.90 Å². The van der Waals surface area contributed by atoms with Crippen molar-refractivity contribution in [2.75, 3.05) is 21.9 Å². The first-order valence-electron chi connectivity index (χ1n) is 7.78. The molecule has 1 aliphatic heterocycles. The van der Waals surface area contributed by atoms with Gasteiger partial charge in [-0.1, -0.05) is 0 Å². The predicted octanol–water partition coefficient (Wildman–Crippen LogP) is 1.59. The maximum Gasteiger partial charge on any atom is 0.261 e. The van der Waals surface area contributed by atoms with Crippen LogP contribution in [0.25, 0.3) is 0 Å². The molecule has 1 heterocycles. The molecular weight excluding hydrogens is 410 g/mol. The topological polar surface area (TPSA) is 127 Å². The third-order valence-electron chi connectivity index (χ3n) is 3.92. The molecule has 0 fully saturated rings. The normalized spacial score (nSPS) is 14.5. The molecule has 0 radical (unpaired) electrons. The zero-order valence-electron chi connectivity index (χ0n) is 14.2. The molecule has 144 valence electrons. The average Bonchev–Trinajstić information content (AvgIpc) is 2.60. The summed E-state index contributed by atoms with van der Waals surface area (Å²) in [7, 11) is -7.78. The van der Waals surface area contributed by atoms with Gasteiger partial charge in [-0.3, -0.25) is 9.52 Å². The summed E-state index contributed by atoms with van der Waals surface area (Å²) in [5.41, 5.74) is 0.754. The van der Waals surface area contributed by atoms with Crippen LogP contribution in [0.1, 0.15) is 6.92 Å². The van der Waals surface area contributed by atoms with Gasteiger partial charge in [0, 0.05) is 29.8 Å². The molecular formula is C16H17N3O5S3. The van der Waals surface area contributed by atoms with Crippen LogP contribution in [0, 0.1) is 0 Å². The number of nitrogens with one attached hydrogen (secondary N) is 1. The number of nitrogens with two attached hydrogens (primary N) is 1. The summed E-state index contributed by atoms with van der Waals surface area (Å²) < 4.78 is 50.3. The van der Waals surface area contributed by atoms with Crippen LogP contribution in [0.3, 0.4) is 0 Å². The van der Waals surface area contributed by atoms with Crippen LogP contribution in [-0.2, 0) is 24.8 Å². The van der Waals surface area contributed by atoms with E-state index < -0.39 is 20.0 Å².